The van der Waals surface area contributed by atoms with Gasteiger partial charge in [-0.05, 0) is 11.5 Å². The highest BCUT2D eigenvalue weighted by Crippen LogP contribution is 2.26. The molecule has 0 saturated carbocycles. The zero-order valence-electron chi connectivity index (χ0n) is 6.89. The largest absolute Gasteiger partial charge is 0.142 e. The van der Waals surface area contributed by atoms with Gasteiger partial charge in [0, 0.05) is 10.7 Å². The standard InChI is InChI=1S/C7H11BrN2S/c1-7(2,3)6-5(4-8)11-10-9-6/h4H2,1-3H3. The highest BCUT2D eigenvalue weighted by molar-refractivity contribution is 9.08. The topological polar surface area (TPSA) is 25.8 Å². The van der Waals surface area contributed by atoms with Crippen molar-refractivity contribution in [3.05, 3.63) is 10.6 Å². The molecule has 1 aromatic heterocycles. The first-order chi connectivity index (χ1) is 5.05. The lowest BCUT2D eigenvalue weighted by molar-refractivity contribution is 0.563. The van der Waals surface area contributed by atoms with E-state index in [-0.39, 0.29) is 5.41 Å². The van der Waals surface area contributed by atoms with Crippen molar-refractivity contribution in [2.75, 3.05) is 0 Å². The summed E-state index contributed by atoms with van der Waals surface area (Å²) in [6, 6.07) is 0. The van der Waals surface area contributed by atoms with Gasteiger partial charge in [0.2, 0.25) is 0 Å². The molecule has 62 valence electrons. The third kappa shape index (κ3) is 1.99. The van der Waals surface area contributed by atoms with Crippen molar-refractivity contribution in [1.82, 2.24) is 9.59 Å². The second kappa shape index (κ2) is 3.19. The molecule has 0 aromatic carbocycles. The Bertz CT molecular complexity index is 239. The summed E-state index contributed by atoms with van der Waals surface area (Å²) in [4.78, 5) is 1.23. The minimum Gasteiger partial charge on any atom is -0.142 e. The van der Waals surface area contributed by atoms with E-state index in [1.54, 1.807) is 0 Å². The van der Waals surface area contributed by atoms with Crippen LogP contribution in [0.25, 0.3) is 0 Å². The molecule has 1 aromatic rings. The lowest BCUT2D eigenvalue weighted by Crippen LogP contribution is -2.13. The van der Waals surface area contributed by atoms with E-state index < -0.39 is 0 Å². The fourth-order valence-electron chi connectivity index (χ4n) is 0.865. The van der Waals surface area contributed by atoms with Gasteiger partial charge in [0.25, 0.3) is 0 Å². The van der Waals surface area contributed by atoms with Crippen LogP contribution in [0.5, 0.6) is 0 Å². The Kier molecular flexibility index (Phi) is 2.65. The summed E-state index contributed by atoms with van der Waals surface area (Å²) >= 11 is 4.88. The monoisotopic (exact) mass is 234 g/mol. The van der Waals surface area contributed by atoms with Gasteiger partial charge in [-0.2, -0.15) is 0 Å². The van der Waals surface area contributed by atoms with Crippen LogP contribution in [0.4, 0.5) is 0 Å². The third-order valence-corrected chi connectivity index (χ3v) is 3.04. The van der Waals surface area contributed by atoms with Gasteiger partial charge in [-0.1, -0.05) is 41.2 Å². The van der Waals surface area contributed by atoms with E-state index in [4.69, 9.17) is 0 Å². The highest BCUT2D eigenvalue weighted by atomic mass is 79.9. The van der Waals surface area contributed by atoms with Crippen molar-refractivity contribution in [2.45, 2.75) is 31.5 Å². The molecule has 0 N–H and O–H groups in total. The van der Waals surface area contributed by atoms with Gasteiger partial charge in [0.1, 0.15) is 0 Å². The number of hydrogen-bond acceptors (Lipinski definition) is 3. The molecular formula is C7H11BrN2S. The third-order valence-electron chi connectivity index (χ3n) is 1.39. The molecule has 2 nitrogen and oxygen atoms in total. The molecule has 0 amide bonds. The molecule has 11 heavy (non-hydrogen) atoms. The summed E-state index contributed by atoms with van der Waals surface area (Å²) in [5, 5.41) is 4.96. The molecule has 0 saturated heterocycles. The van der Waals surface area contributed by atoms with E-state index in [0.717, 1.165) is 11.0 Å². The highest BCUT2D eigenvalue weighted by Gasteiger charge is 2.21. The Labute approximate surface area is 79.3 Å². The lowest BCUT2D eigenvalue weighted by Gasteiger charge is -2.15. The van der Waals surface area contributed by atoms with Crippen LogP contribution >= 0.6 is 27.5 Å². The first-order valence-corrected chi connectivity index (χ1v) is 5.33. The predicted octanol–water partition coefficient (Wildman–Crippen LogP) is 2.73. The van der Waals surface area contributed by atoms with Crippen molar-refractivity contribution < 1.29 is 0 Å². The summed E-state index contributed by atoms with van der Waals surface area (Å²) in [5.41, 5.74) is 1.23. The Morgan fingerprint density at radius 3 is 2.45 bits per heavy atom. The van der Waals surface area contributed by atoms with Crippen molar-refractivity contribution in [3.63, 3.8) is 0 Å². The average molecular weight is 235 g/mol. The maximum Gasteiger partial charge on any atom is 0.0849 e. The van der Waals surface area contributed by atoms with Crippen LogP contribution in [0, 0.1) is 0 Å². The second-order valence-electron chi connectivity index (χ2n) is 3.43. The first-order valence-electron chi connectivity index (χ1n) is 3.43. The predicted molar refractivity (Wildman–Crippen MR) is 51.2 cm³/mol. The zero-order valence-corrected chi connectivity index (χ0v) is 9.29. The normalized spacial score (nSPS) is 12.0. The van der Waals surface area contributed by atoms with Crippen LogP contribution in [0.15, 0.2) is 0 Å². The molecule has 4 heteroatoms. The van der Waals surface area contributed by atoms with Crippen molar-refractivity contribution in [2.24, 2.45) is 0 Å². The minimum atomic E-state index is 0.121. The van der Waals surface area contributed by atoms with E-state index in [0.29, 0.717) is 0 Å². The number of hydrogen-bond donors (Lipinski definition) is 0. The Morgan fingerprint density at radius 1 is 1.45 bits per heavy atom. The van der Waals surface area contributed by atoms with Crippen LogP contribution in [0.2, 0.25) is 0 Å². The van der Waals surface area contributed by atoms with Gasteiger partial charge in [-0.3, -0.25) is 0 Å². The van der Waals surface area contributed by atoms with Gasteiger partial charge in [-0.15, -0.1) is 5.10 Å². The zero-order chi connectivity index (χ0) is 8.48. The molecule has 0 atom stereocenters. The molecule has 0 unspecified atom stereocenters. The van der Waals surface area contributed by atoms with E-state index in [9.17, 15) is 0 Å². The molecule has 0 radical (unpaired) electrons. The van der Waals surface area contributed by atoms with Gasteiger partial charge in [0.05, 0.1) is 10.6 Å². The molecule has 1 heterocycles. The number of aromatic nitrogens is 2. The van der Waals surface area contributed by atoms with Crippen molar-refractivity contribution >= 4 is 27.5 Å². The molecule has 0 spiro atoms. The fraction of sp³-hybridized carbons (Fsp3) is 0.714. The Hall–Kier alpha value is 0.0400. The van der Waals surface area contributed by atoms with Crippen LogP contribution in [0.3, 0.4) is 0 Å². The molecule has 0 aliphatic carbocycles. The number of rotatable bonds is 1. The van der Waals surface area contributed by atoms with Crippen LogP contribution in [-0.2, 0) is 10.7 Å². The van der Waals surface area contributed by atoms with Crippen molar-refractivity contribution in [1.29, 1.82) is 0 Å². The summed E-state index contributed by atoms with van der Waals surface area (Å²) in [6.45, 7) is 6.45. The van der Waals surface area contributed by atoms with Crippen LogP contribution < -0.4 is 0 Å². The number of nitrogens with zero attached hydrogens (tertiary/aromatic N) is 2. The molecule has 0 aliphatic heterocycles. The first kappa shape index (κ1) is 9.13. The van der Waals surface area contributed by atoms with Crippen LogP contribution in [-0.4, -0.2) is 9.59 Å². The lowest BCUT2D eigenvalue weighted by atomic mass is 9.92. The maximum atomic E-state index is 4.10. The Balaban J connectivity index is 3.02. The molecule has 1 rings (SSSR count). The van der Waals surface area contributed by atoms with E-state index >= 15 is 0 Å². The molecule has 0 fully saturated rings. The summed E-state index contributed by atoms with van der Waals surface area (Å²) in [5.74, 6) is 0. The van der Waals surface area contributed by atoms with E-state index in [2.05, 4.69) is 46.3 Å². The Morgan fingerprint density at radius 2 is 2.09 bits per heavy atom. The second-order valence-corrected chi connectivity index (χ2v) is 4.83. The SMILES string of the molecule is CC(C)(C)c1nnsc1CBr. The van der Waals surface area contributed by atoms with Crippen LogP contribution in [0.1, 0.15) is 31.3 Å². The summed E-state index contributed by atoms with van der Waals surface area (Å²) < 4.78 is 3.92. The number of halogens is 1. The summed E-state index contributed by atoms with van der Waals surface area (Å²) in [6.07, 6.45) is 0. The fourth-order valence-corrected chi connectivity index (χ4v) is 2.14. The molecule has 0 bridgehead atoms. The van der Waals surface area contributed by atoms with E-state index in [1.807, 2.05) is 0 Å². The van der Waals surface area contributed by atoms with Gasteiger partial charge < -0.3 is 0 Å². The van der Waals surface area contributed by atoms with Gasteiger partial charge >= 0.3 is 0 Å². The van der Waals surface area contributed by atoms with E-state index in [1.165, 1.54) is 16.4 Å². The van der Waals surface area contributed by atoms with Crippen molar-refractivity contribution in [3.8, 4) is 0 Å². The summed E-state index contributed by atoms with van der Waals surface area (Å²) in [7, 11) is 0. The smallest absolute Gasteiger partial charge is 0.0849 e. The van der Waals surface area contributed by atoms with Gasteiger partial charge in [-0.25, -0.2) is 0 Å². The minimum absolute atomic E-state index is 0.121. The average Bonchev–Trinajstić information content (AvgIpc) is 2.31. The number of alkyl halides is 1. The molecular weight excluding hydrogens is 224 g/mol. The quantitative estimate of drug-likeness (QED) is 0.699. The van der Waals surface area contributed by atoms with Gasteiger partial charge in [0.15, 0.2) is 0 Å². The maximum absolute atomic E-state index is 4.10. The molecule has 0 aliphatic rings.